The predicted molar refractivity (Wildman–Crippen MR) is 86.6 cm³/mol. The number of aromatic nitrogens is 2. The molecule has 1 aliphatic heterocycles. The molecule has 2 amide bonds. The Labute approximate surface area is 132 Å². The van der Waals surface area contributed by atoms with Crippen LogP contribution in [0.5, 0.6) is 0 Å². The molecule has 5 heteroatoms. The highest BCUT2D eigenvalue weighted by atomic mass is 16.2. The highest BCUT2D eigenvalue weighted by molar-refractivity contribution is 5.88. The summed E-state index contributed by atoms with van der Waals surface area (Å²) >= 11 is 0. The van der Waals surface area contributed by atoms with Gasteiger partial charge in [0.1, 0.15) is 12.1 Å². The number of carbonyl (C=O) groups is 1. The van der Waals surface area contributed by atoms with Crippen molar-refractivity contribution in [3.8, 4) is 0 Å². The molecule has 1 aliphatic carbocycles. The van der Waals surface area contributed by atoms with E-state index < -0.39 is 0 Å². The van der Waals surface area contributed by atoms with Gasteiger partial charge in [0, 0.05) is 18.8 Å². The monoisotopic (exact) mass is 302 g/mol. The Balaban J connectivity index is 1.50. The summed E-state index contributed by atoms with van der Waals surface area (Å²) in [5.74, 6) is 1.47. The highest BCUT2D eigenvalue weighted by Crippen LogP contribution is 2.30. The van der Waals surface area contributed by atoms with Gasteiger partial charge in [0.2, 0.25) is 0 Å². The summed E-state index contributed by atoms with van der Waals surface area (Å²) in [4.78, 5) is 22.4. The van der Waals surface area contributed by atoms with Crippen LogP contribution in [-0.2, 0) is 0 Å². The number of rotatable bonds is 4. The van der Waals surface area contributed by atoms with Crippen LogP contribution >= 0.6 is 0 Å². The minimum absolute atomic E-state index is 0.00940. The third kappa shape index (κ3) is 3.96. The average molecular weight is 302 g/mol. The molecule has 1 unspecified atom stereocenters. The van der Waals surface area contributed by atoms with Gasteiger partial charge in [-0.05, 0) is 37.7 Å². The first-order chi connectivity index (χ1) is 10.8. The summed E-state index contributed by atoms with van der Waals surface area (Å²) < 4.78 is 0. The van der Waals surface area contributed by atoms with E-state index in [2.05, 4.69) is 15.3 Å². The first kappa shape index (κ1) is 15.3. The molecule has 0 spiro atoms. The zero-order valence-corrected chi connectivity index (χ0v) is 13.2. The van der Waals surface area contributed by atoms with E-state index in [1.54, 1.807) is 12.3 Å². The summed E-state index contributed by atoms with van der Waals surface area (Å²) in [7, 11) is 0. The van der Waals surface area contributed by atoms with Crippen molar-refractivity contribution in [3.05, 3.63) is 18.6 Å². The number of urea groups is 1. The van der Waals surface area contributed by atoms with E-state index in [1.807, 2.05) is 4.90 Å². The Hall–Kier alpha value is -1.65. The molecule has 1 saturated heterocycles. The van der Waals surface area contributed by atoms with Crippen LogP contribution in [-0.4, -0.2) is 33.5 Å². The van der Waals surface area contributed by atoms with E-state index in [9.17, 15) is 4.79 Å². The fourth-order valence-electron chi connectivity index (χ4n) is 3.85. The molecular formula is C17H26N4O. The minimum Gasteiger partial charge on any atom is -0.322 e. The third-order valence-electron chi connectivity index (χ3n) is 5.09. The smallest absolute Gasteiger partial charge is 0.322 e. The standard InChI is InChI=1S/C17H26N4O/c22-17(20-16-10-11-18-13-19-16)21-12-4-7-15(21)9-8-14-5-2-1-3-6-14/h10-11,13-15H,1-9,12H2,(H,18,19,20,22). The summed E-state index contributed by atoms with van der Waals surface area (Å²) in [5.41, 5.74) is 0. The molecule has 1 N–H and O–H groups in total. The first-order valence-corrected chi connectivity index (χ1v) is 8.66. The van der Waals surface area contributed by atoms with Crippen LogP contribution in [0.3, 0.4) is 0 Å². The van der Waals surface area contributed by atoms with Gasteiger partial charge in [0.05, 0.1) is 0 Å². The summed E-state index contributed by atoms with van der Waals surface area (Å²) in [6, 6.07) is 2.12. The van der Waals surface area contributed by atoms with Crippen molar-refractivity contribution in [1.82, 2.24) is 14.9 Å². The highest BCUT2D eigenvalue weighted by Gasteiger charge is 2.29. The minimum atomic E-state index is -0.00940. The van der Waals surface area contributed by atoms with Crippen molar-refractivity contribution in [2.24, 2.45) is 5.92 Å². The van der Waals surface area contributed by atoms with Gasteiger partial charge in [-0.25, -0.2) is 14.8 Å². The van der Waals surface area contributed by atoms with Crippen LogP contribution < -0.4 is 5.32 Å². The number of anilines is 1. The van der Waals surface area contributed by atoms with Crippen molar-refractivity contribution < 1.29 is 4.79 Å². The zero-order chi connectivity index (χ0) is 15.2. The molecule has 1 aromatic heterocycles. The quantitative estimate of drug-likeness (QED) is 0.919. The molecule has 2 heterocycles. The van der Waals surface area contributed by atoms with Gasteiger partial charge in [-0.3, -0.25) is 5.32 Å². The molecular weight excluding hydrogens is 276 g/mol. The summed E-state index contributed by atoms with van der Waals surface area (Å²) in [6.07, 6.45) is 14.8. The second-order valence-electron chi connectivity index (χ2n) is 6.60. The molecule has 0 radical (unpaired) electrons. The number of nitrogens with one attached hydrogen (secondary N) is 1. The van der Waals surface area contributed by atoms with Crippen LogP contribution in [0.4, 0.5) is 10.6 Å². The number of carbonyl (C=O) groups excluding carboxylic acids is 1. The number of nitrogens with zero attached hydrogens (tertiary/aromatic N) is 3. The fraction of sp³-hybridized carbons (Fsp3) is 0.706. The second kappa shape index (κ2) is 7.56. The molecule has 2 fully saturated rings. The molecule has 1 atom stereocenters. The lowest BCUT2D eigenvalue weighted by Crippen LogP contribution is -2.39. The molecule has 1 saturated carbocycles. The van der Waals surface area contributed by atoms with E-state index in [1.165, 1.54) is 44.9 Å². The number of amides is 2. The van der Waals surface area contributed by atoms with Crippen molar-refractivity contribution in [2.45, 2.75) is 63.8 Å². The maximum absolute atomic E-state index is 12.4. The molecule has 0 aromatic carbocycles. The van der Waals surface area contributed by atoms with Crippen LogP contribution in [0.15, 0.2) is 18.6 Å². The lowest BCUT2D eigenvalue weighted by molar-refractivity contribution is 0.198. The van der Waals surface area contributed by atoms with E-state index >= 15 is 0 Å². The second-order valence-corrected chi connectivity index (χ2v) is 6.60. The van der Waals surface area contributed by atoms with Gasteiger partial charge in [0.15, 0.2) is 0 Å². The number of hydrogen-bond acceptors (Lipinski definition) is 3. The molecule has 3 rings (SSSR count). The molecule has 0 bridgehead atoms. The molecule has 22 heavy (non-hydrogen) atoms. The third-order valence-corrected chi connectivity index (χ3v) is 5.09. The zero-order valence-electron chi connectivity index (χ0n) is 13.2. The van der Waals surface area contributed by atoms with Gasteiger partial charge in [-0.2, -0.15) is 0 Å². The van der Waals surface area contributed by atoms with Gasteiger partial charge in [-0.1, -0.05) is 32.1 Å². The Morgan fingerprint density at radius 2 is 2.05 bits per heavy atom. The Bertz CT molecular complexity index is 473. The summed E-state index contributed by atoms with van der Waals surface area (Å²) in [6.45, 7) is 0.867. The topological polar surface area (TPSA) is 58.1 Å². The maximum atomic E-state index is 12.4. The number of likely N-dealkylation sites (tertiary alicyclic amines) is 1. The van der Waals surface area contributed by atoms with Crippen molar-refractivity contribution in [3.63, 3.8) is 0 Å². The molecule has 5 nitrogen and oxygen atoms in total. The average Bonchev–Trinajstić information content (AvgIpc) is 3.03. The lowest BCUT2D eigenvalue weighted by atomic mass is 9.85. The van der Waals surface area contributed by atoms with E-state index in [4.69, 9.17) is 0 Å². The first-order valence-electron chi connectivity index (χ1n) is 8.66. The Kier molecular flexibility index (Phi) is 5.24. The predicted octanol–water partition coefficient (Wildman–Crippen LogP) is 3.83. The van der Waals surface area contributed by atoms with Gasteiger partial charge >= 0.3 is 6.03 Å². The van der Waals surface area contributed by atoms with Crippen molar-refractivity contribution >= 4 is 11.8 Å². The van der Waals surface area contributed by atoms with Gasteiger partial charge in [-0.15, -0.1) is 0 Å². The largest absolute Gasteiger partial charge is 0.323 e. The van der Waals surface area contributed by atoms with Crippen LogP contribution in [0.25, 0.3) is 0 Å². The molecule has 120 valence electrons. The Morgan fingerprint density at radius 3 is 2.82 bits per heavy atom. The molecule has 2 aliphatic rings. The Morgan fingerprint density at radius 1 is 1.18 bits per heavy atom. The molecule has 1 aromatic rings. The summed E-state index contributed by atoms with van der Waals surface area (Å²) in [5, 5.41) is 2.89. The lowest BCUT2D eigenvalue weighted by Gasteiger charge is -2.27. The van der Waals surface area contributed by atoms with Gasteiger partial charge < -0.3 is 4.90 Å². The normalized spacial score (nSPS) is 22.7. The SMILES string of the molecule is O=C(Nc1ccncn1)N1CCCC1CCC1CCCCC1. The van der Waals surface area contributed by atoms with Crippen LogP contribution in [0, 0.1) is 5.92 Å². The van der Waals surface area contributed by atoms with Crippen LogP contribution in [0.2, 0.25) is 0 Å². The van der Waals surface area contributed by atoms with Crippen molar-refractivity contribution in [2.75, 3.05) is 11.9 Å². The number of hydrogen-bond donors (Lipinski definition) is 1. The van der Waals surface area contributed by atoms with Crippen LogP contribution in [0.1, 0.15) is 57.8 Å². The maximum Gasteiger partial charge on any atom is 0.323 e. The fourth-order valence-corrected chi connectivity index (χ4v) is 3.85. The van der Waals surface area contributed by atoms with E-state index in [-0.39, 0.29) is 6.03 Å². The van der Waals surface area contributed by atoms with E-state index in [0.29, 0.717) is 11.9 Å². The van der Waals surface area contributed by atoms with Gasteiger partial charge in [0.25, 0.3) is 0 Å². The van der Waals surface area contributed by atoms with E-state index in [0.717, 1.165) is 31.7 Å². The van der Waals surface area contributed by atoms with Crippen molar-refractivity contribution in [1.29, 1.82) is 0 Å².